The average molecular weight is 346 g/mol. The zero-order chi connectivity index (χ0) is 17.9. The molecule has 6 heteroatoms. The van der Waals surface area contributed by atoms with Crippen molar-refractivity contribution in [3.05, 3.63) is 52.3 Å². The number of amides is 1. The maximum Gasteiger partial charge on any atom is 0.339 e. The van der Waals surface area contributed by atoms with Crippen LogP contribution in [0.25, 0.3) is 0 Å². The van der Waals surface area contributed by atoms with Gasteiger partial charge in [0.15, 0.2) is 0 Å². The van der Waals surface area contributed by atoms with E-state index in [2.05, 4.69) is 4.98 Å². The Morgan fingerprint density at radius 3 is 2.38 bits per heavy atom. The standard InChI is InChI=1S/C18H22N2O3S/c1-11-15(18(22)23-4)12(2)19-16(11)17(21)20(3)10-13-6-8-14(24-5)9-7-13/h6-9,19H,10H2,1-5H3. The van der Waals surface area contributed by atoms with Crippen molar-refractivity contribution in [3.63, 3.8) is 0 Å². The predicted octanol–water partition coefficient (Wildman–Crippen LogP) is 3.41. The fraction of sp³-hybridized carbons (Fsp3) is 0.333. The molecule has 0 bridgehead atoms. The summed E-state index contributed by atoms with van der Waals surface area (Å²) in [5, 5.41) is 0. The molecule has 0 aliphatic rings. The first-order chi connectivity index (χ1) is 11.4. The summed E-state index contributed by atoms with van der Waals surface area (Å²) in [5.74, 6) is -0.588. The van der Waals surface area contributed by atoms with E-state index in [-0.39, 0.29) is 5.91 Å². The number of thioether (sulfide) groups is 1. The molecule has 0 aliphatic carbocycles. The summed E-state index contributed by atoms with van der Waals surface area (Å²) in [6.45, 7) is 4.01. The molecule has 0 aliphatic heterocycles. The second-order valence-electron chi connectivity index (χ2n) is 5.63. The van der Waals surface area contributed by atoms with Crippen molar-refractivity contribution < 1.29 is 14.3 Å². The maximum absolute atomic E-state index is 12.7. The summed E-state index contributed by atoms with van der Waals surface area (Å²) in [4.78, 5) is 30.4. The molecular formula is C18H22N2O3S. The highest BCUT2D eigenvalue weighted by Gasteiger charge is 2.24. The van der Waals surface area contributed by atoms with Gasteiger partial charge in [-0.2, -0.15) is 0 Å². The molecule has 0 spiro atoms. The van der Waals surface area contributed by atoms with Crippen molar-refractivity contribution in [1.82, 2.24) is 9.88 Å². The SMILES string of the molecule is COC(=O)c1c(C)[nH]c(C(=O)N(C)Cc2ccc(SC)cc2)c1C. The molecule has 24 heavy (non-hydrogen) atoms. The maximum atomic E-state index is 12.7. The Bertz CT molecular complexity index is 750. The summed E-state index contributed by atoms with van der Waals surface area (Å²) >= 11 is 1.68. The van der Waals surface area contributed by atoms with Gasteiger partial charge in [-0.25, -0.2) is 4.79 Å². The number of esters is 1. The first kappa shape index (κ1) is 18.1. The minimum Gasteiger partial charge on any atom is -0.465 e. The van der Waals surface area contributed by atoms with E-state index in [1.807, 2.05) is 30.5 Å². The number of aromatic amines is 1. The second kappa shape index (κ2) is 7.57. The predicted molar refractivity (Wildman–Crippen MR) is 95.6 cm³/mol. The van der Waals surface area contributed by atoms with Crippen LogP contribution in [0.2, 0.25) is 0 Å². The molecule has 0 atom stereocenters. The molecule has 1 heterocycles. The van der Waals surface area contributed by atoms with Crippen molar-refractivity contribution in [2.45, 2.75) is 25.3 Å². The lowest BCUT2D eigenvalue weighted by Crippen LogP contribution is -2.27. The number of carbonyl (C=O) groups is 2. The first-order valence-corrected chi connectivity index (χ1v) is 8.77. The van der Waals surface area contributed by atoms with E-state index in [9.17, 15) is 9.59 Å². The Kier molecular flexibility index (Phi) is 5.72. The summed E-state index contributed by atoms with van der Waals surface area (Å²) in [6, 6.07) is 8.11. The van der Waals surface area contributed by atoms with Crippen LogP contribution in [0, 0.1) is 13.8 Å². The van der Waals surface area contributed by atoms with E-state index in [1.165, 1.54) is 12.0 Å². The van der Waals surface area contributed by atoms with Crippen molar-refractivity contribution in [1.29, 1.82) is 0 Å². The van der Waals surface area contributed by atoms with Crippen LogP contribution in [0.1, 0.15) is 37.7 Å². The van der Waals surface area contributed by atoms with Gasteiger partial charge in [0.25, 0.3) is 5.91 Å². The van der Waals surface area contributed by atoms with Gasteiger partial charge in [0, 0.05) is 24.2 Å². The second-order valence-corrected chi connectivity index (χ2v) is 6.51. The average Bonchev–Trinajstić information content (AvgIpc) is 2.88. The minimum absolute atomic E-state index is 0.153. The molecule has 0 saturated carbocycles. The van der Waals surface area contributed by atoms with E-state index in [0.717, 1.165) is 5.56 Å². The topological polar surface area (TPSA) is 62.4 Å². The van der Waals surface area contributed by atoms with Crippen LogP contribution >= 0.6 is 11.8 Å². The highest BCUT2D eigenvalue weighted by Crippen LogP contribution is 2.21. The van der Waals surface area contributed by atoms with E-state index in [4.69, 9.17) is 4.74 Å². The fourth-order valence-corrected chi connectivity index (χ4v) is 3.05. The molecule has 128 valence electrons. The lowest BCUT2D eigenvalue weighted by Gasteiger charge is -2.17. The van der Waals surface area contributed by atoms with E-state index < -0.39 is 5.97 Å². The number of aromatic nitrogens is 1. The number of nitrogens with one attached hydrogen (secondary N) is 1. The van der Waals surface area contributed by atoms with Gasteiger partial charge in [0.1, 0.15) is 5.69 Å². The van der Waals surface area contributed by atoms with E-state index in [0.29, 0.717) is 29.1 Å². The molecule has 0 fully saturated rings. The highest BCUT2D eigenvalue weighted by atomic mass is 32.2. The third-order valence-electron chi connectivity index (χ3n) is 3.97. The first-order valence-electron chi connectivity index (χ1n) is 7.54. The number of carbonyl (C=O) groups excluding carboxylic acids is 2. The molecule has 2 aromatic rings. The van der Waals surface area contributed by atoms with Crippen LogP contribution in [0.5, 0.6) is 0 Å². The minimum atomic E-state index is -0.435. The monoisotopic (exact) mass is 346 g/mol. The van der Waals surface area contributed by atoms with Gasteiger partial charge in [0.05, 0.1) is 12.7 Å². The third kappa shape index (κ3) is 3.64. The van der Waals surface area contributed by atoms with Gasteiger partial charge in [-0.05, 0) is 43.4 Å². The normalized spacial score (nSPS) is 10.5. The Balaban J connectivity index is 2.20. The zero-order valence-electron chi connectivity index (χ0n) is 14.6. The molecule has 5 nitrogen and oxygen atoms in total. The molecule has 1 N–H and O–H groups in total. The van der Waals surface area contributed by atoms with Crippen molar-refractivity contribution in [3.8, 4) is 0 Å². The molecule has 2 rings (SSSR count). The Morgan fingerprint density at radius 1 is 1.21 bits per heavy atom. The van der Waals surface area contributed by atoms with E-state index in [1.54, 1.807) is 37.6 Å². The van der Waals surface area contributed by atoms with Crippen molar-refractivity contribution in [2.75, 3.05) is 20.4 Å². The smallest absolute Gasteiger partial charge is 0.339 e. The molecule has 1 aromatic carbocycles. The quantitative estimate of drug-likeness (QED) is 0.666. The molecule has 1 amide bonds. The van der Waals surface area contributed by atoms with Gasteiger partial charge >= 0.3 is 5.97 Å². The lowest BCUT2D eigenvalue weighted by molar-refractivity contribution is 0.0599. The highest BCUT2D eigenvalue weighted by molar-refractivity contribution is 7.98. The number of H-pyrrole nitrogens is 1. The Hall–Kier alpha value is -2.21. The summed E-state index contributed by atoms with van der Waals surface area (Å²) in [5.41, 5.74) is 3.17. The lowest BCUT2D eigenvalue weighted by atomic mass is 10.1. The zero-order valence-corrected chi connectivity index (χ0v) is 15.4. The fourth-order valence-electron chi connectivity index (χ4n) is 2.64. The number of hydrogen-bond acceptors (Lipinski definition) is 4. The molecule has 1 aromatic heterocycles. The molecular weight excluding hydrogens is 324 g/mol. The van der Waals surface area contributed by atoms with Crippen molar-refractivity contribution >= 4 is 23.6 Å². The van der Waals surface area contributed by atoms with Gasteiger partial charge in [-0.3, -0.25) is 4.79 Å². The largest absolute Gasteiger partial charge is 0.465 e. The van der Waals surface area contributed by atoms with Gasteiger partial charge in [-0.1, -0.05) is 12.1 Å². The number of methoxy groups -OCH3 is 1. The number of aryl methyl sites for hydroxylation is 1. The molecule has 0 unspecified atom stereocenters. The number of benzene rings is 1. The van der Waals surface area contributed by atoms with Gasteiger partial charge in [-0.15, -0.1) is 11.8 Å². The summed E-state index contributed by atoms with van der Waals surface area (Å²) in [6.07, 6.45) is 2.03. The van der Waals surface area contributed by atoms with Crippen LogP contribution in [-0.2, 0) is 11.3 Å². The molecule has 0 saturated heterocycles. The summed E-state index contributed by atoms with van der Waals surface area (Å²) in [7, 11) is 3.08. The number of nitrogens with zero attached hydrogens (tertiary/aromatic N) is 1. The Labute approximate surface area is 146 Å². The van der Waals surface area contributed by atoms with Crippen LogP contribution in [0.3, 0.4) is 0 Å². The van der Waals surface area contributed by atoms with Crippen LogP contribution in [0.15, 0.2) is 29.2 Å². The third-order valence-corrected chi connectivity index (χ3v) is 4.71. The Morgan fingerprint density at radius 2 is 1.83 bits per heavy atom. The number of hydrogen-bond donors (Lipinski definition) is 1. The van der Waals surface area contributed by atoms with Crippen LogP contribution in [-0.4, -0.2) is 42.2 Å². The summed E-state index contributed by atoms with van der Waals surface area (Å²) < 4.78 is 4.78. The van der Waals surface area contributed by atoms with Crippen LogP contribution in [0.4, 0.5) is 0 Å². The molecule has 0 radical (unpaired) electrons. The van der Waals surface area contributed by atoms with Crippen molar-refractivity contribution in [2.24, 2.45) is 0 Å². The van der Waals surface area contributed by atoms with Gasteiger partial charge < -0.3 is 14.6 Å². The van der Waals surface area contributed by atoms with E-state index >= 15 is 0 Å². The van der Waals surface area contributed by atoms with Gasteiger partial charge in [0.2, 0.25) is 0 Å². The van der Waals surface area contributed by atoms with Crippen LogP contribution < -0.4 is 0 Å². The number of ether oxygens (including phenoxy) is 1. The number of rotatable bonds is 5.